The Balaban J connectivity index is 2.39. The lowest BCUT2D eigenvalue weighted by molar-refractivity contribution is 0.0123. The highest BCUT2D eigenvalue weighted by atomic mass is 32.2. The van der Waals surface area contributed by atoms with Gasteiger partial charge in [-0.15, -0.1) is 0 Å². The molecule has 0 aliphatic carbocycles. The van der Waals surface area contributed by atoms with E-state index < -0.39 is 0 Å². The Morgan fingerprint density at radius 2 is 2.40 bits per heavy atom. The zero-order valence-electron chi connectivity index (χ0n) is 6.38. The molecule has 1 rings (SSSR count). The molecule has 0 bridgehead atoms. The SMILES string of the molecule is CSOC1=NOC(C)(C)C1. The van der Waals surface area contributed by atoms with Crippen LogP contribution in [0.25, 0.3) is 0 Å². The van der Waals surface area contributed by atoms with Gasteiger partial charge >= 0.3 is 0 Å². The van der Waals surface area contributed by atoms with Crippen LogP contribution >= 0.6 is 12.0 Å². The van der Waals surface area contributed by atoms with Crippen LogP contribution in [0.4, 0.5) is 0 Å². The first-order valence-electron chi connectivity index (χ1n) is 3.10. The summed E-state index contributed by atoms with van der Waals surface area (Å²) in [6, 6.07) is 0. The first kappa shape index (κ1) is 7.72. The van der Waals surface area contributed by atoms with E-state index in [0.29, 0.717) is 5.90 Å². The van der Waals surface area contributed by atoms with E-state index in [9.17, 15) is 0 Å². The van der Waals surface area contributed by atoms with Crippen LogP contribution in [0, 0.1) is 0 Å². The number of hydrogen-bond acceptors (Lipinski definition) is 4. The maximum Gasteiger partial charge on any atom is 0.244 e. The van der Waals surface area contributed by atoms with Crippen molar-refractivity contribution in [1.82, 2.24) is 0 Å². The standard InChI is InChI=1S/C6H11NO2S/c1-6(2)4-5(7-9-6)8-10-3/h4H2,1-3H3. The Morgan fingerprint density at radius 1 is 1.70 bits per heavy atom. The van der Waals surface area contributed by atoms with Crippen molar-refractivity contribution in [3.63, 3.8) is 0 Å². The Bertz CT molecular complexity index is 156. The summed E-state index contributed by atoms with van der Waals surface area (Å²) < 4.78 is 5.08. The lowest BCUT2D eigenvalue weighted by Crippen LogP contribution is -2.18. The second-order valence-corrected chi connectivity index (χ2v) is 3.26. The number of oxime groups is 1. The molecule has 3 nitrogen and oxygen atoms in total. The molecule has 0 N–H and O–H groups in total. The third-order valence-electron chi connectivity index (χ3n) is 1.15. The minimum Gasteiger partial charge on any atom is -0.407 e. The van der Waals surface area contributed by atoms with Crippen LogP contribution in [0.2, 0.25) is 0 Å². The van der Waals surface area contributed by atoms with E-state index in [1.165, 1.54) is 12.0 Å². The topological polar surface area (TPSA) is 30.8 Å². The van der Waals surface area contributed by atoms with Crippen molar-refractivity contribution in [2.24, 2.45) is 5.16 Å². The summed E-state index contributed by atoms with van der Waals surface area (Å²) in [4.78, 5) is 5.06. The largest absolute Gasteiger partial charge is 0.407 e. The zero-order valence-corrected chi connectivity index (χ0v) is 7.20. The van der Waals surface area contributed by atoms with E-state index in [1.54, 1.807) is 0 Å². The fraction of sp³-hybridized carbons (Fsp3) is 0.833. The fourth-order valence-corrected chi connectivity index (χ4v) is 1.03. The Morgan fingerprint density at radius 3 is 2.80 bits per heavy atom. The first-order valence-corrected chi connectivity index (χ1v) is 4.25. The fourth-order valence-electron chi connectivity index (χ4n) is 0.744. The van der Waals surface area contributed by atoms with Crippen molar-refractivity contribution in [2.45, 2.75) is 25.9 Å². The van der Waals surface area contributed by atoms with Crippen molar-refractivity contribution in [2.75, 3.05) is 6.26 Å². The first-order chi connectivity index (χ1) is 4.64. The molecule has 0 fully saturated rings. The zero-order chi connectivity index (χ0) is 7.61. The molecule has 0 amide bonds. The van der Waals surface area contributed by atoms with Gasteiger partial charge in [-0.05, 0) is 13.8 Å². The molecular formula is C6H11NO2S. The summed E-state index contributed by atoms with van der Waals surface area (Å²) in [7, 11) is 0. The van der Waals surface area contributed by atoms with Crippen LogP contribution in [0.5, 0.6) is 0 Å². The van der Waals surface area contributed by atoms with Gasteiger partial charge in [-0.2, -0.15) is 0 Å². The van der Waals surface area contributed by atoms with Crippen molar-refractivity contribution in [3.05, 3.63) is 0 Å². The van der Waals surface area contributed by atoms with E-state index in [1.807, 2.05) is 20.1 Å². The van der Waals surface area contributed by atoms with Gasteiger partial charge in [0.1, 0.15) is 5.60 Å². The van der Waals surface area contributed by atoms with E-state index in [2.05, 4.69) is 5.16 Å². The summed E-state index contributed by atoms with van der Waals surface area (Å²) >= 11 is 1.29. The quantitative estimate of drug-likeness (QED) is 0.549. The summed E-state index contributed by atoms with van der Waals surface area (Å²) in [5, 5.41) is 3.75. The Labute approximate surface area is 65.0 Å². The third-order valence-corrected chi connectivity index (χ3v) is 1.51. The summed E-state index contributed by atoms with van der Waals surface area (Å²) in [6.45, 7) is 3.96. The van der Waals surface area contributed by atoms with Crippen molar-refractivity contribution >= 4 is 17.9 Å². The maximum absolute atomic E-state index is 5.08. The Kier molecular flexibility index (Phi) is 2.08. The third kappa shape index (κ3) is 1.80. The predicted octanol–water partition coefficient (Wildman–Crippen LogP) is 1.79. The van der Waals surface area contributed by atoms with Gasteiger partial charge in [-0.25, -0.2) is 0 Å². The predicted molar refractivity (Wildman–Crippen MR) is 41.8 cm³/mol. The van der Waals surface area contributed by atoms with Crippen LogP contribution in [-0.2, 0) is 9.02 Å². The molecule has 4 heteroatoms. The summed E-state index contributed by atoms with van der Waals surface area (Å²) in [5.41, 5.74) is -0.176. The van der Waals surface area contributed by atoms with Crippen LogP contribution in [0.3, 0.4) is 0 Å². The van der Waals surface area contributed by atoms with Gasteiger partial charge in [0.15, 0.2) is 0 Å². The molecule has 0 saturated carbocycles. The molecule has 0 aromatic heterocycles. The lowest BCUT2D eigenvalue weighted by Gasteiger charge is -2.12. The maximum atomic E-state index is 5.08. The van der Waals surface area contributed by atoms with Gasteiger partial charge in [0.25, 0.3) is 0 Å². The monoisotopic (exact) mass is 161 g/mol. The second kappa shape index (κ2) is 2.70. The highest BCUT2D eigenvalue weighted by Crippen LogP contribution is 2.23. The number of hydrogen-bond donors (Lipinski definition) is 0. The molecule has 1 heterocycles. The van der Waals surface area contributed by atoms with Crippen LogP contribution in [0.15, 0.2) is 5.16 Å². The molecule has 58 valence electrons. The molecule has 10 heavy (non-hydrogen) atoms. The van der Waals surface area contributed by atoms with E-state index in [4.69, 9.17) is 9.02 Å². The number of nitrogens with zero attached hydrogens (tertiary/aromatic N) is 1. The Hall–Kier alpha value is -0.380. The van der Waals surface area contributed by atoms with Gasteiger partial charge in [-0.1, -0.05) is 5.16 Å². The molecule has 1 aliphatic heterocycles. The van der Waals surface area contributed by atoms with Crippen molar-refractivity contribution < 1.29 is 9.02 Å². The van der Waals surface area contributed by atoms with Gasteiger partial charge in [-0.3, -0.25) is 0 Å². The van der Waals surface area contributed by atoms with E-state index >= 15 is 0 Å². The molecule has 0 aromatic carbocycles. The molecule has 0 saturated heterocycles. The highest BCUT2D eigenvalue weighted by molar-refractivity contribution is 7.94. The molecule has 0 unspecified atom stereocenters. The average Bonchev–Trinajstić information content (AvgIpc) is 2.12. The molecule has 0 atom stereocenters. The van der Waals surface area contributed by atoms with Crippen molar-refractivity contribution in [1.29, 1.82) is 0 Å². The smallest absolute Gasteiger partial charge is 0.244 e. The normalized spacial score (nSPS) is 21.7. The molecule has 1 aliphatic rings. The van der Waals surface area contributed by atoms with E-state index in [0.717, 1.165) is 6.42 Å². The van der Waals surface area contributed by atoms with E-state index in [-0.39, 0.29) is 5.60 Å². The lowest BCUT2D eigenvalue weighted by atomic mass is 10.1. The molecule has 0 radical (unpaired) electrons. The minimum atomic E-state index is -0.176. The molecule has 0 aromatic rings. The van der Waals surface area contributed by atoms with Crippen LogP contribution in [0.1, 0.15) is 20.3 Å². The van der Waals surface area contributed by atoms with Crippen LogP contribution in [-0.4, -0.2) is 17.8 Å². The average molecular weight is 161 g/mol. The minimum absolute atomic E-state index is 0.176. The van der Waals surface area contributed by atoms with Crippen molar-refractivity contribution in [3.8, 4) is 0 Å². The number of rotatable bonds is 1. The van der Waals surface area contributed by atoms with Gasteiger partial charge in [0, 0.05) is 6.26 Å². The highest BCUT2D eigenvalue weighted by Gasteiger charge is 2.30. The second-order valence-electron chi connectivity index (χ2n) is 2.76. The molecule has 0 spiro atoms. The van der Waals surface area contributed by atoms with Gasteiger partial charge in [0.05, 0.1) is 18.5 Å². The summed E-state index contributed by atoms with van der Waals surface area (Å²) in [6.07, 6.45) is 2.61. The molecular weight excluding hydrogens is 150 g/mol. The summed E-state index contributed by atoms with van der Waals surface area (Å²) in [5.74, 6) is 0.678. The van der Waals surface area contributed by atoms with Crippen LogP contribution < -0.4 is 0 Å². The van der Waals surface area contributed by atoms with Gasteiger partial charge < -0.3 is 9.02 Å². The van der Waals surface area contributed by atoms with Gasteiger partial charge in [0.2, 0.25) is 5.90 Å².